The highest BCUT2D eigenvalue weighted by atomic mass is 35.5. The summed E-state index contributed by atoms with van der Waals surface area (Å²) in [6, 6.07) is 10.5. The summed E-state index contributed by atoms with van der Waals surface area (Å²) < 4.78 is 21.4. The minimum atomic E-state index is -0.168. The number of benzene rings is 2. The molecule has 0 unspecified atom stereocenters. The summed E-state index contributed by atoms with van der Waals surface area (Å²) >= 11 is 7.31. The summed E-state index contributed by atoms with van der Waals surface area (Å²) in [6.45, 7) is 0.186. The lowest BCUT2D eigenvalue weighted by Crippen LogP contribution is -2.12. The number of carbonyl (C=O) groups excluding carboxylic acids is 1. The average Bonchev–Trinajstić information content (AvgIpc) is 3.49. The van der Waals surface area contributed by atoms with Crippen LogP contribution in [0.25, 0.3) is 11.1 Å². The number of amides is 1. The molecule has 31 heavy (non-hydrogen) atoms. The Hall–Kier alpha value is -3.24. The number of carbonyl (C=O) groups is 1. The predicted octanol–water partition coefficient (Wildman–Crippen LogP) is 4.46. The van der Waals surface area contributed by atoms with Crippen molar-refractivity contribution in [3.8, 4) is 11.5 Å². The van der Waals surface area contributed by atoms with Crippen molar-refractivity contribution in [2.45, 2.75) is 23.8 Å². The topological polar surface area (TPSA) is 113 Å². The summed E-state index contributed by atoms with van der Waals surface area (Å²) in [5.74, 6) is 2.41. The van der Waals surface area contributed by atoms with E-state index >= 15 is 0 Å². The van der Waals surface area contributed by atoms with Gasteiger partial charge in [-0.25, -0.2) is 4.98 Å². The Morgan fingerprint density at radius 3 is 2.97 bits per heavy atom. The minimum absolute atomic E-state index is 0.168. The number of hydrogen-bond donors (Lipinski definition) is 1. The first kappa shape index (κ1) is 19.7. The van der Waals surface area contributed by atoms with E-state index in [-0.39, 0.29) is 19.1 Å². The summed E-state index contributed by atoms with van der Waals surface area (Å²) in [7, 11) is 0. The molecule has 158 valence electrons. The Balaban J connectivity index is 1.12. The van der Waals surface area contributed by atoms with Crippen molar-refractivity contribution in [2.24, 2.45) is 0 Å². The normalized spacial score (nSPS) is 12.4. The van der Waals surface area contributed by atoms with Crippen LogP contribution in [0.5, 0.6) is 11.5 Å². The Bertz CT molecular complexity index is 1260. The van der Waals surface area contributed by atoms with Gasteiger partial charge in [-0.3, -0.25) is 4.79 Å². The molecular weight excluding hydrogens is 444 g/mol. The first-order chi connectivity index (χ1) is 15.1. The zero-order valence-corrected chi connectivity index (χ0v) is 17.5. The number of oxazole rings is 1. The van der Waals surface area contributed by atoms with Crippen molar-refractivity contribution in [1.82, 2.24) is 15.1 Å². The zero-order chi connectivity index (χ0) is 21.2. The maximum Gasteiger partial charge on any atom is 0.257 e. The van der Waals surface area contributed by atoms with E-state index in [0.29, 0.717) is 62.4 Å². The van der Waals surface area contributed by atoms with Crippen LogP contribution in [0.1, 0.15) is 18.1 Å². The molecule has 0 spiro atoms. The summed E-state index contributed by atoms with van der Waals surface area (Å²) in [5, 5.41) is 7.85. The van der Waals surface area contributed by atoms with E-state index in [4.69, 9.17) is 30.0 Å². The van der Waals surface area contributed by atoms with Crippen LogP contribution in [-0.4, -0.2) is 27.8 Å². The molecule has 2 aromatic heterocycles. The molecule has 0 saturated carbocycles. The van der Waals surface area contributed by atoms with Crippen LogP contribution in [0.2, 0.25) is 5.02 Å². The third-order valence-electron chi connectivity index (χ3n) is 4.39. The smallest absolute Gasteiger partial charge is 0.257 e. The lowest BCUT2D eigenvalue weighted by atomic mass is 10.2. The number of fused-ring (bicyclic) bond motifs is 2. The van der Waals surface area contributed by atoms with Crippen LogP contribution >= 0.6 is 23.4 Å². The maximum atomic E-state index is 12.2. The van der Waals surface area contributed by atoms with Gasteiger partial charge in [-0.05, 0) is 30.3 Å². The molecule has 1 N–H and O–H groups in total. The van der Waals surface area contributed by atoms with Crippen molar-refractivity contribution in [1.29, 1.82) is 0 Å². The second-order valence-electron chi connectivity index (χ2n) is 6.60. The van der Waals surface area contributed by atoms with Crippen molar-refractivity contribution in [3.63, 3.8) is 0 Å². The number of thioether (sulfide) groups is 1. The van der Waals surface area contributed by atoms with Crippen molar-refractivity contribution < 1.29 is 23.2 Å². The van der Waals surface area contributed by atoms with E-state index in [1.165, 1.54) is 11.8 Å². The zero-order valence-electron chi connectivity index (χ0n) is 16.0. The summed E-state index contributed by atoms with van der Waals surface area (Å²) in [4.78, 5) is 20.9. The molecular formula is C20H15ClN4O5S. The van der Waals surface area contributed by atoms with Crippen molar-refractivity contribution >= 4 is 46.1 Å². The molecule has 1 aliphatic heterocycles. The van der Waals surface area contributed by atoms with Gasteiger partial charge in [0.1, 0.15) is 5.52 Å². The summed E-state index contributed by atoms with van der Waals surface area (Å²) in [6.07, 6.45) is 0.532. The number of hydrogen-bond acceptors (Lipinski definition) is 9. The van der Waals surface area contributed by atoms with Gasteiger partial charge in [0, 0.05) is 29.6 Å². The number of rotatable bonds is 7. The van der Waals surface area contributed by atoms with E-state index in [1.807, 2.05) is 0 Å². The molecule has 5 rings (SSSR count). The number of anilines is 1. The van der Waals surface area contributed by atoms with Gasteiger partial charge < -0.3 is 23.7 Å². The van der Waals surface area contributed by atoms with Crippen molar-refractivity contribution in [2.75, 3.05) is 12.1 Å². The fourth-order valence-corrected chi connectivity index (χ4v) is 3.78. The largest absolute Gasteiger partial charge is 0.454 e. The third kappa shape index (κ3) is 4.59. The molecule has 4 aromatic rings. The number of aromatic nitrogens is 3. The third-order valence-corrected chi connectivity index (χ3v) is 5.45. The summed E-state index contributed by atoms with van der Waals surface area (Å²) in [5.41, 5.74) is 1.99. The lowest BCUT2D eigenvalue weighted by Gasteiger charge is -2.05. The van der Waals surface area contributed by atoms with Gasteiger partial charge in [-0.15, -0.1) is 0 Å². The minimum Gasteiger partial charge on any atom is -0.454 e. The molecule has 3 heterocycles. The molecule has 0 bridgehead atoms. The van der Waals surface area contributed by atoms with E-state index in [0.717, 1.165) is 0 Å². The molecule has 0 atom stereocenters. The molecule has 2 aromatic carbocycles. The number of aryl methyl sites for hydroxylation is 1. The molecule has 1 amide bonds. The van der Waals surface area contributed by atoms with Crippen LogP contribution in [0.4, 0.5) is 5.69 Å². The van der Waals surface area contributed by atoms with Crippen molar-refractivity contribution in [3.05, 3.63) is 53.1 Å². The van der Waals surface area contributed by atoms with E-state index in [9.17, 15) is 4.79 Å². The second kappa shape index (κ2) is 8.48. The molecule has 0 radical (unpaired) electrons. The maximum absolute atomic E-state index is 12.2. The fraction of sp³-hybridized carbons (Fsp3) is 0.200. The molecule has 9 nitrogen and oxygen atoms in total. The Morgan fingerprint density at radius 1 is 1.13 bits per heavy atom. The van der Waals surface area contributed by atoms with Gasteiger partial charge in [0.05, 0.1) is 5.75 Å². The van der Waals surface area contributed by atoms with Gasteiger partial charge in [0.2, 0.25) is 18.6 Å². The number of halogens is 1. The number of nitrogens with one attached hydrogen (secondary N) is 1. The van der Waals surface area contributed by atoms with E-state index in [2.05, 4.69) is 20.4 Å². The Labute approximate surface area is 185 Å². The van der Waals surface area contributed by atoms with E-state index < -0.39 is 0 Å². The Morgan fingerprint density at radius 2 is 2.03 bits per heavy atom. The number of ether oxygens (including phenoxy) is 2. The van der Waals surface area contributed by atoms with Crippen LogP contribution in [0.3, 0.4) is 0 Å². The van der Waals surface area contributed by atoms with Crippen LogP contribution in [-0.2, 0) is 17.0 Å². The molecule has 1 aliphatic rings. The highest BCUT2D eigenvalue weighted by molar-refractivity contribution is 7.98. The molecule has 0 saturated heterocycles. The highest BCUT2D eigenvalue weighted by Crippen LogP contribution is 2.34. The Kier molecular flexibility index (Phi) is 5.39. The predicted molar refractivity (Wildman–Crippen MR) is 112 cm³/mol. The fourth-order valence-electron chi connectivity index (χ4n) is 2.94. The monoisotopic (exact) mass is 458 g/mol. The molecule has 0 fully saturated rings. The van der Waals surface area contributed by atoms with E-state index in [1.54, 1.807) is 36.4 Å². The standard InChI is InChI=1S/C20H15ClN4O5S/c21-11-1-3-14-13(7-11)23-20(29-14)31-9-17-24-19(30-25-17)6-5-18(26)22-12-2-4-15-16(8-12)28-10-27-15/h1-4,7-8H,5-6,9-10H2,(H,22,26). The van der Waals surface area contributed by atoms with Gasteiger partial charge in [0.25, 0.3) is 5.22 Å². The lowest BCUT2D eigenvalue weighted by molar-refractivity contribution is -0.116. The van der Waals surface area contributed by atoms with Crippen LogP contribution < -0.4 is 14.8 Å². The molecule has 0 aliphatic carbocycles. The average molecular weight is 459 g/mol. The van der Waals surface area contributed by atoms with Crippen LogP contribution in [0, 0.1) is 0 Å². The quantitative estimate of drug-likeness (QED) is 0.401. The first-order valence-electron chi connectivity index (χ1n) is 9.32. The molecule has 11 heteroatoms. The van der Waals surface area contributed by atoms with Gasteiger partial charge in [-0.1, -0.05) is 28.5 Å². The van der Waals surface area contributed by atoms with Gasteiger partial charge in [-0.2, -0.15) is 4.98 Å². The van der Waals surface area contributed by atoms with Crippen LogP contribution in [0.15, 0.2) is 50.6 Å². The SMILES string of the molecule is O=C(CCc1nc(CSc2nc3cc(Cl)ccc3o2)no1)Nc1ccc2c(c1)OCO2. The van der Waals surface area contributed by atoms with Gasteiger partial charge >= 0.3 is 0 Å². The second-order valence-corrected chi connectivity index (χ2v) is 7.96. The first-order valence-corrected chi connectivity index (χ1v) is 10.7. The highest BCUT2D eigenvalue weighted by Gasteiger charge is 2.15. The number of nitrogens with zero attached hydrogens (tertiary/aromatic N) is 3. The van der Waals surface area contributed by atoms with Gasteiger partial charge in [0.15, 0.2) is 22.9 Å².